The molecule has 0 radical (unpaired) electrons. The Balaban J connectivity index is 2.34. The van der Waals surface area contributed by atoms with E-state index in [1.807, 2.05) is 25.7 Å². The number of ether oxygens (including phenoxy) is 2. The topological polar surface area (TPSA) is 114 Å². The number of carbonyl (C=O) groups excluding carboxylic acids is 1. The van der Waals surface area contributed by atoms with Gasteiger partial charge in [0, 0.05) is 19.0 Å². The van der Waals surface area contributed by atoms with Crippen molar-refractivity contribution >= 4 is 12.0 Å². The lowest BCUT2D eigenvalue weighted by molar-refractivity contribution is -0.143. The van der Waals surface area contributed by atoms with Crippen molar-refractivity contribution in [2.24, 2.45) is 0 Å². The Labute approximate surface area is 169 Å². The Hall–Kier alpha value is -2.93. The summed E-state index contributed by atoms with van der Waals surface area (Å²) in [5.74, 6) is -0.316. The van der Waals surface area contributed by atoms with Gasteiger partial charge in [-0.3, -0.25) is 19.1 Å². The van der Waals surface area contributed by atoms with Gasteiger partial charge in [-0.15, -0.1) is 0 Å². The Morgan fingerprint density at radius 3 is 2.72 bits per heavy atom. The summed E-state index contributed by atoms with van der Waals surface area (Å²) in [5.41, 5.74) is 1.12. The van der Waals surface area contributed by atoms with Crippen LogP contribution in [0.3, 0.4) is 0 Å². The summed E-state index contributed by atoms with van der Waals surface area (Å²) in [6.07, 6.45) is 3.13. The van der Waals surface area contributed by atoms with Crippen molar-refractivity contribution in [2.75, 3.05) is 19.8 Å². The summed E-state index contributed by atoms with van der Waals surface area (Å²) in [5, 5.41) is 10.4. The van der Waals surface area contributed by atoms with Gasteiger partial charge in [0.15, 0.2) is 0 Å². The van der Waals surface area contributed by atoms with Crippen LogP contribution in [0, 0.1) is 0 Å². The highest BCUT2D eigenvalue weighted by atomic mass is 16.5. The summed E-state index contributed by atoms with van der Waals surface area (Å²) >= 11 is 0. The first kappa shape index (κ1) is 22.4. The van der Waals surface area contributed by atoms with E-state index in [4.69, 9.17) is 9.47 Å². The molecule has 1 aromatic heterocycles. The second kappa shape index (κ2) is 9.52. The van der Waals surface area contributed by atoms with E-state index in [-0.39, 0.29) is 23.7 Å². The van der Waals surface area contributed by atoms with Gasteiger partial charge in [-0.2, -0.15) is 0 Å². The molecule has 2 heterocycles. The van der Waals surface area contributed by atoms with Gasteiger partial charge < -0.3 is 19.5 Å². The predicted molar refractivity (Wildman–Crippen MR) is 107 cm³/mol. The molecule has 0 spiro atoms. The molecule has 160 valence electrons. The highest BCUT2D eigenvalue weighted by Gasteiger charge is 2.36. The molecule has 0 saturated carbocycles. The first-order valence-electron chi connectivity index (χ1n) is 9.80. The fourth-order valence-corrected chi connectivity index (χ4v) is 2.92. The number of carbonyl (C=O) groups is 1. The van der Waals surface area contributed by atoms with Crippen molar-refractivity contribution in [3.8, 4) is 5.88 Å². The van der Waals surface area contributed by atoms with Crippen molar-refractivity contribution in [3.05, 3.63) is 38.0 Å². The molecule has 1 aromatic rings. The van der Waals surface area contributed by atoms with E-state index in [1.54, 1.807) is 6.92 Å². The van der Waals surface area contributed by atoms with E-state index in [2.05, 4.69) is 10.7 Å². The second-order valence-electron chi connectivity index (χ2n) is 7.42. The monoisotopic (exact) mass is 407 g/mol. The zero-order chi connectivity index (χ0) is 21.6. The highest BCUT2D eigenvalue weighted by molar-refractivity contribution is 5.68. The summed E-state index contributed by atoms with van der Waals surface area (Å²) in [6.45, 7) is 8.91. The number of hydrogen-bond donors (Lipinski definition) is 2. The van der Waals surface area contributed by atoms with Gasteiger partial charge in [0.2, 0.25) is 11.8 Å². The second-order valence-corrected chi connectivity index (χ2v) is 7.42. The van der Waals surface area contributed by atoms with E-state index in [9.17, 15) is 19.5 Å². The lowest BCUT2D eigenvalue weighted by Gasteiger charge is -2.29. The van der Waals surface area contributed by atoms with E-state index >= 15 is 0 Å². The van der Waals surface area contributed by atoms with Crippen molar-refractivity contribution < 1.29 is 19.4 Å². The third kappa shape index (κ3) is 5.32. The Bertz CT molecular complexity index is 921. The number of hydrogen-bond acceptors (Lipinski definition) is 7. The molecule has 2 rings (SSSR count). The molecule has 1 saturated heterocycles. The van der Waals surface area contributed by atoms with Crippen molar-refractivity contribution in [1.29, 1.82) is 0 Å². The van der Waals surface area contributed by atoms with E-state index in [0.717, 1.165) is 11.0 Å². The van der Waals surface area contributed by atoms with Gasteiger partial charge in [0.25, 0.3) is 5.56 Å². The van der Waals surface area contributed by atoms with Crippen LogP contribution in [0.2, 0.25) is 0 Å². The average Bonchev–Trinajstić information content (AvgIpc) is 2.95. The van der Waals surface area contributed by atoms with Gasteiger partial charge in [0.05, 0.1) is 12.1 Å². The lowest BCUT2D eigenvalue weighted by Crippen LogP contribution is -2.41. The average molecular weight is 407 g/mol. The van der Waals surface area contributed by atoms with Crippen molar-refractivity contribution in [1.82, 2.24) is 14.5 Å². The molecule has 1 fully saturated rings. The maximum Gasteiger partial charge on any atom is 0.331 e. The van der Waals surface area contributed by atoms with Crippen LogP contribution >= 0.6 is 0 Å². The number of rotatable bonds is 8. The quantitative estimate of drug-likeness (QED) is 0.496. The van der Waals surface area contributed by atoms with Crippen molar-refractivity contribution in [2.45, 2.75) is 59.0 Å². The fraction of sp³-hybridized carbons (Fsp3) is 0.600. The number of unbranched alkanes of at least 4 members (excludes halogenated alkanes) is 1. The van der Waals surface area contributed by atoms with Crippen LogP contribution < -0.4 is 11.2 Å². The van der Waals surface area contributed by atoms with Gasteiger partial charge >= 0.3 is 11.7 Å². The number of H-pyrrole nitrogens is 1. The van der Waals surface area contributed by atoms with Gasteiger partial charge in [-0.1, -0.05) is 26.0 Å². The minimum absolute atomic E-state index is 0.0705. The van der Waals surface area contributed by atoms with Crippen LogP contribution in [0.1, 0.15) is 52.5 Å². The summed E-state index contributed by atoms with van der Waals surface area (Å²) in [4.78, 5) is 39.6. The number of aromatic hydroxyl groups is 1. The molecule has 9 heteroatoms. The maximum atomic E-state index is 12.2. The molecule has 0 aliphatic carbocycles. The predicted octanol–water partition coefficient (Wildman–Crippen LogP) is 1.56. The first-order chi connectivity index (χ1) is 13.7. The molecular formula is C20H29N3O6. The van der Waals surface area contributed by atoms with Crippen LogP contribution in [-0.2, 0) is 20.8 Å². The fourth-order valence-electron chi connectivity index (χ4n) is 2.92. The normalized spacial score (nSPS) is 15.0. The van der Waals surface area contributed by atoms with Crippen molar-refractivity contribution in [3.63, 3.8) is 0 Å². The third-order valence-corrected chi connectivity index (χ3v) is 4.69. The Morgan fingerprint density at radius 1 is 1.34 bits per heavy atom. The standard InChI is InChI=1S/C20H29N3O6/c1-5-7-10-22-18(26)14(17(25)21-19(22)27)8-9-15-23(20(3,4)13-29-15)11-12-28-16(24)6-2/h8,26H,5-7,10-13H2,1-4H3,(H,21,25,27). The third-order valence-electron chi connectivity index (χ3n) is 4.69. The molecule has 0 bridgehead atoms. The molecule has 0 amide bonds. The number of aromatic amines is 1. The number of nitrogens with zero attached hydrogens (tertiary/aromatic N) is 2. The molecule has 0 atom stereocenters. The Kier molecular flexibility index (Phi) is 7.34. The molecule has 2 N–H and O–H groups in total. The SMILES string of the molecule is CCCCn1c(O)c(C=C=C2OCC(C)(C)N2CCOC(=O)CC)c(=O)[nH]c1=O. The maximum absolute atomic E-state index is 12.2. The van der Waals surface area contributed by atoms with Gasteiger partial charge in [0.1, 0.15) is 18.8 Å². The summed E-state index contributed by atoms with van der Waals surface area (Å²) in [6, 6.07) is 0. The van der Waals surface area contributed by atoms with Crippen LogP contribution in [0.5, 0.6) is 5.88 Å². The molecule has 29 heavy (non-hydrogen) atoms. The van der Waals surface area contributed by atoms with Crippen LogP contribution in [-0.4, -0.2) is 50.8 Å². The van der Waals surface area contributed by atoms with E-state index in [1.165, 1.54) is 6.08 Å². The van der Waals surface area contributed by atoms with Crippen LogP contribution in [0.15, 0.2) is 21.2 Å². The largest absolute Gasteiger partial charge is 0.494 e. The minimum atomic E-state index is -0.700. The molecule has 9 nitrogen and oxygen atoms in total. The van der Waals surface area contributed by atoms with E-state index < -0.39 is 17.1 Å². The molecule has 1 aliphatic heterocycles. The van der Waals surface area contributed by atoms with Crippen LogP contribution in [0.25, 0.3) is 6.08 Å². The zero-order valence-corrected chi connectivity index (χ0v) is 17.4. The Morgan fingerprint density at radius 2 is 2.07 bits per heavy atom. The first-order valence-corrected chi connectivity index (χ1v) is 9.80. The number of esters is 1. The number of nitrogens with one attached hydrogen (secondary N) is 1. The summed E-state index contributed by atoms with van der Waals surface area (Å²) in [7, 11) is 0. The molecule has 1 aliphatic rings. The zero-order valence-electron chi connectivity index (χ0n) is 17.4. The molecular weight excluding hydrogens is 378 g/mol. The van der Waals surface area contributed by atoms with Gasteiger partial charge in [-0.25, -0.2) is 4.79 Å². The lowest BCUT2D eigenvalue weighted by atomic mass is 10.1. The van der Waals surface area contributed by atoms with Gasteiger partial charge in [-0.05, 0) is 20.3 Å². The highest BCUT2D eigenvalue weighted by Crippen LogP contribution is 2.28. The van der Waals surface area contributed by atoms with E-state index in [0.29, 0.717) is 38.4 Å². The molecule has 0 aromatic carbocycles. The smallest absolute Gasteiger partial charge is 0.331 e. The van der Waals surface area contributed by atoms with Crippen LogP contribution in [0.4, 0.5) is 0 Å². The molecule has 0 unspecified atom stereocenters. The minimum Gasteiger partial charge on any atom is -0.494 e. The number of aromatic nitrogens is 2. The summed E-state index contributed by atoms with van der Waals surface area (Å²) < 4.78 is 12.0.